The molecule has 0 radical (unpaired) electrons. The average molecular weight is 477 g/mol. The highest BCUT2D eigenvalue weighted by Crippen LogP contribution is 2.21. The molecule has 0 aliphatic heterocycles. The molecule has 2 amide bonds. The van der Waals surface area contributed by atoms with Gasteiger partial charge in [-0.2, -0.15) is 0 Å². The Hall–Kier alpha value is -2.62. The van der Waals surface area contributed by atoms with Gasteiger partial charge in [0.15, 0.2) is 13.2 Å². The van der Waals surface area contributed by atoms with E-state index in [0.29, 0.717) is 0 Å². The zero-order valence-electron chi connectivity index (χ0n) is 16.2. The average Bonchev–Trinajstić information content (AvgIpc) is 2.74. The Labute approximate surface area is 187 Å². The van der Waals surface area contributed by atoms with Crippen LogP contribution >= 0.6 is 23.2 Å². The highest BCUT2D eigenvalue weighted by atomic mass is 35.5. The summed E-state index contributed by atoms with van der Waals surface area (Å²) < 4.78 is 36.9. The number of aliphatic hydroxyl groups excluding tert-OH is 1. The van der Waals surface area contributed by atoms with Gasteiger partial charge in [-0.05, 0) is 30.7 Å². The number of amides is 2. The van der Waals surface area contributed by atoms with E-state index in [1.165, 1.54) is 24.3 Å². The number of aliphatic hydroxyl groups is 1. The molecular weight excluding hydrogens is 457 g/mol. The van der Waals surface area contributed by atoms with Gasteiger partial charge in [-0.1, -0.05) is 23.2 Å². The number of halogens is 4. The first-order valence-corrected chi connectivity index (χ1v) is 9.87. The van der Waals surface area contributed by atoms with Crippen LogP contribution in [0.5, 0.6) is 11.5 Å². The minimum atomic E-state index is -0.913. The molecule has 3 N–H and O–H groups in total. The van der Waals surface area contributed by atoms with E-state index in [1.807, 2.05) is 0 Å². The fourth-order valence-electron chi connectivity index (χ4n) is 2.25. The molecule has 2 rings (SSSR count). The molecule has 0 saturated carbocycles. The summed E-state index contributed by atoms with van der Waals surface area (Å²) in [6.45, 7) is -0.633. The van der Waals surface area contributed by atoms with E-state index in [9.17, 15) is 23.5 Å². The van der Waals surface area contributed by atoms with Gasteiger partial charge in [0, 0.05) is 25.2 Å². The van der Waals surface area contributed by atoms with Crippen molar-refractivity contribution < 1.29 is 33.0 Å². The molecule has 0 unspecified atom stereocenters. The molecule has 1 atom stereocenters. The van der Waals surface area contributed by atoms with Crippen LogP contribution in [-0.4, -0.2) is 49.3 Å². The summed E-state index contributed by atoms with van der Waals surface area (Å²) in [4.78, 5) is 23.5. The maximum Gasteiger partial charge on any atom is 0.258 e. The van der Waals surface area contributed by atoms with Crippen LogP contribution in [0.1, 0.15) is 6.42 Å². The molecule has 2 aromatic carbocycles. The number of hydrogen-bond donors (Lipinski definition) is 3. The molecule has 31 heavy (non-hydrogen) atoms. The molecule has 11 heteroatoms. The Balaban J connectivity index is 1.57. The minimum Gasteiger partial charge on any atom is -0.484 e. The first-order valence-electron chi connectivity index (χ1n) is 9.11. The predicted molar refractivity (Wildman–Crippen MR) is 110 cm³/mol. The van der Waals surface area contributed by atoms with Gasteiger partial charge in [0.2, 0.25) is 0 Å². The summed E-state index contributed by atoms with van der Waals surface area (Å²) in [5.41, 5.74) is 0. The first kappa shape index (κ1) is 24.6. The molecule has 0 heterocycles. The Morgan fingerprint density at radius 1 is 0.903 bits per heavy atom. The number of ether oxygens (including phenoxy) is 2. The summed E-state index contributed by atoms with van der Waals surface area (Å²) in [7, 11) is 0. The Bertz CT molecular complexity index is 917. The summed E-state index contributed by atoms with van der Waals surface area (Å²) >= 11 is 11.1. The third-order valence-electron chi connectivity index (χ3n) is 3.86. The molecule has 0 fully saturated rings. The second kappa shape index (κ2) is 12.3. The maximum absolute atomic E-state index is 13.3. The summed E-state index contributed by atoms with van der Waals surface area (Å²) in [5, 5.41) is 14.7. The molecular formula is C20H20Cl2F2N2O5. The van der Waals surface area contributed by atoms with Gasteiger partial charge in [-0.3, -0.25) is 9.59 Å². The highest BCUT2D eigenvalue weighted by Gasteiger charge is 2.10. The van der Waals surface area contributed by atoms with E-state index in [2.05, 4.69) is 10.6 Å². The van der Waals surface area contributed by atoms with Gasteiger partial charge in [0.1, 0.15) is 23.1 Å². The molecule has 0 aromatic heterocycles. The van der Waals surface area contributed by atoms with Crippen molar-refractivity contribution in [3.8, 4) is 11.5 Å². The predicted octanol–water partition coefficient (Wildman–Crippen LogP) is 2.71. The largest absolute Gasteiger partial charge is 0.484 e. The zero-order chi connectivity index (χ0) is 22.8. The highest BCUT2D eigenvalue weighted by molar-refractivity contribution is 6.31. The quantitative estimate of drug-likeness (QED) is 0.463. The van der Waals surface area contributed by atoms with Crippen LogP contribution < -0.4 is 20.1 Å². The second-order valence-electron chi connectivity index (χ2n) is 6.33. The first-order chi connectivity index (χ1) is 14.7. The number of carbonyl (C=O) groups excluding carboxylic acids is 2. The van der Waals surface area contributed by atoms with Crippen molar-refractivity contribution in [2.75, 3.05) is 26.3 Å². The normalized spacial score (nSPS) is 11.5. The molecule has 168 valence electrons. The molecule has 2 aromatic rings. The standard InChI is InChI=1S/C20H20Cl2F2N2O5/c21-15-3-1-13(7-17(15)23)30-10-19(28)25-6-5-12(27)9-26-20(29)11-31-14-2-4-16(22)18(24)8-14/h1-4,7-8,12,27H,5-6,9-11H2,(H,25,28)(H,26,29)/t12-/m1/s1. The van der Waals surface area contributed by atoms with Crippen molar-refractivity contribution in [2.24, 2.45) is 0 Å². The number of rotatable bonds is 11. The maximum atomic E-state index is 13.3. The van der Waals surface area contributed by atoms with E-state index in [4.69, 9.17) is 32.7 Å². The van der Waals surface area contributed by atoms with Crippen LogP contribution in [0.25, 0.3) is 0 Å². The number of nitrogens with one attached hydrogen (secondary N) is 2. The van der Waals surface area contributed by atoms with Gasteiger partial charge in [-0.25, -0.2) is 8.78 Å². The van der Waals surface area contributed by atoms with Crippen molar-refractivity contribution in [1.29, 1.82) is 0 Å². The lowest BCUT2D eigenvalue weighted by atomic mass is 10.2. The van der Waals surface area contributed by atoms with Crippen LogP contribution in [0, 0.1) is 11.6 Å². The summed E-state index contributed by atoms with van der Waals surface area (Å²) in [6.07, 6.45) is -0.742. The number of benzene rings is 2. The Kier molecular flexibility index (Phi) is 9.77. The smallest absolute Gasteiger partial charge is 0.258 e. The van der Waals surface area contributed by atoms with Crippen molar-refractivity contribution in [3.63, 3.8) is 0 Å². The topological polar surface area (TPSA) is 96.9 Å². The monoisotopic (exact) mass is 476 g/mol. The third-order valence-corrected chi connectivity index (χ3v) is 4.47. The van der Waals surface area contributed by atoms with Crippen molar-refractivity contribution in [3.05, 3.63) is 58.1 Å². The van der Waals surface area contributed by atoms with Crippen molar-refractivity contribution in [1.82, 2.24) is 10.6 Å². The molecule has 0 bridgehead atoms. The SMILES string of the molecule is O=C(COc1ccc(Cl)c(F)c1)NCC[C@@H](O)CNC(=O)COc1ccc(Cl)c(F)c1. The molecule has 0 spiro atoms. The van der Waals surface area contributed by atoms with E-state index >= 15 is 0 Å². The Morgan fingerprint density at radius 2 is 1.39 bits per heavy atom. The summed E-state index contributed by atoms with van der Waals surface area (Å²) in [6, 6.07) is 7.59. The lowest BCUT2D eigenvalue weighted by molar-refractivity contribution is -0.124. The van der Waals surface area contributed by atoms with Gasteiger partial charge in [0.25, 0.3) is 11.8 Å². The van der Waals surface area contributed by atoms with Gasteiger partial charge in [0.05, 0.1) is 16.1 Å². The fourth-order valence-corrected chi connectivity index (χ4v) is 2.48. The fraction of sp³-hybridized carbons (Fsp3) is 0.300. The van der Waals surface area contributed by atoms with Crippen LogP contribution in [-0.2, 0) is 9.59 Å². The molecule has 0 aliphatic rings. The lowest BCUT2D eigenvalue weighted by Crippen LogP contribution is -2.37. The van der Waals surface area contributed by atoms with Gasteiger partial charge in [-0.15, -0.1) is 0 Å². The van der Waals surface area contributed by atoms with E-state index in [-0.39, 0.29) is 54.3 Å². The third kappa shape index (κ3) is 8.95. The lowest BCUT2D eigenvalue weighted by Gasteiger charge is -2.13. The Morgan fingerprint density at radius 3 is 1.87 bits per heavy atom. The number of carbonyl (C=O) groups is 2. The molecule has 0 saturated heterocycles. The number of hydrogen-bond acceptors (Lipinski definition) is 5. The second-order valence-corrected chi connectivity index (χ2v) is 7.14. The van der Waals surface area contributed by atoms with E-state index < -0.39 is 29.6 Å². The van der Waals surface area contributed by atoms with Crippen LogP contribution in [0.4, 0.5) is 8.78 Å². The summed E-state index contributed by atoms with van der Waals surface area (Å²) in [5.74, 6) is -2.00. The van der Waals surface area contributed by atoms with Crippen LogP contribution in [0.15, 0.2) is 36.4 Å². The van der Waals surface area contributed by atoms with Gasteiger partial charge >= 0.3 is 0 Å². The van der Waals surface area contributed by atoms with Gasteiger partial charge < -0.3 is 25.2 Å². The van der Waals surface area contributed by atoms with E-state index in [1.54, 1.807) is 0 Å². The van der Waals surface area contributed by atoms with E-state index in [0.717, 1.165) is 12.1 Å². The molecule has 7 nitrogen and oxygen atoms in total. The van der Waals surface area contributed by atoms with Crippen LogP contribution in [0.3, 0.4) is 0 Å². The zero-order valence-corrected chi connectivity index (χ0v) is 17.7. The van der Waals surface area contributed by atoms with Crippen molar-refractivity contribution >= 4 is 35.0 Å². The minimum absolute atomic E-state index is 0.0525. The molecule has 0 aliphatic carbocycles. The van der Waals surface area contributed by atoms with Crippen molar-refractivity contribution in [2.45, 2.75) is 12.5 Å². The van der Waals surface area contributed by atoms with Crippen LogP contribution in [0.2, 0.25) is 10.0 Å².